The van der Waals surface area contributed by atoms with Gasteiger partial charge in [0.2, 0.25) is 17.0 Å². The van der Waals surface area contributed by atoms with Crippen molar-refractivity contribution in [2.45, 2.75) is 37.3 Å². The standard InChI is InChI=1S/C15H24N6O2S/c1-20-15(17-18-19-20)24-10-7-16-13(22)11-5-8-21(9-6-11)14(23)12-3-2-4-12/h11-12H,2-10H2,1H3,(H,16,22). The van der Waals surface area contributed by atoms with E-state index in [-0.39, 0.29) is 17.7 Å². The predicted octanol–water partition coefficient (Wildman–Crippen LogP) is 0.457. The molecule has 2 fully saturated rings. The van der Waals surface area contributed by atoms with Crippen LogP contribution in [-0.4, -0.2) is 62.3 Å². The molecule has 1 aromatic rings. The van der Waals surface area contributed by atoms with Crippen LogP contribution in [0, 0.1) is 11.8 Å². The molecule has 1 saturated heterocycles. The fourth-order valence-corrected chi connectivity index (χ4v) is 3.78. The van der Waals surface area contributed by atoms with Gasteiger partial charge in [0.15, 0.2) is 0 Å². The van der Waals surface area contributed by atoms with E-state index >= 15 is 0 Å². The monoisotopic (exact) mass is 352 g/mol. The number of thioether (sulfide) groups is 1. The predicted molar refractivity (Wildman–Crippen MR) is 89.2 cm³/mol. The SMILES string of the molecule is Cn1nnnc1SCCNC(=O)C1CCN(C(=O)C2CCC2)CC1. The average molecular weight is 352 g/mol. The van der Waals surface area contributed by atoms with Gasteiger partial charge in [0.25, 0.3) is 0 Å². The minimum atomic E-state index is 0.0249. The zero-order chi connectivity index (χ0) is 16.9. The number of aryl methyl sites for hydroxylation is 1. The Bertz CT molecular complexity index is 580. The van der Waals surface area contributed by atoms with E-state index in [0.717, 1.165) is 36.6 Å². The molecule has 132 valence electrons. The highest BCUT2D eigenvalue weighted by Crippen LogP contribution is 2.30. The van der Waals surface area contributed by atoms with Crippen LogP contribution in [0.5, 0.6) is 0 Å². The van der Waals surface area contributed by atoms with E-state index in [9.17, 15) is 9.59 Å². The average Bonchev–Trinajstić information content (AvgIpc) is 2.95. The summed E-state index contributed by atoms with van der Waals surface area (Å²) in [5.41, 5.74) is 0. The van der Waals surface area contributed by atoms with Gasteiger partial charge in [0, 0.05) is 44.3 Å². The van der Waals surface area contributed by atoms with Crippen LogP contribution in [0.3, 0.4) is 0 Å². The number of nitrogens with zero attached hydrogens (tertiary/aromatic N) is 5. The summed E-state index contributed by atoms with van der Waals surface area (Å²) < 4.78 is 1.61. The molecular formula is C15H24N6O2S. The summed E-state index contributed by atoms with van der Waals surface area (Å²) in [7, 11) is 1.79. The first kappa shape index (κ1) is 17.2. The van der Waals surface area contributed by atoms with Gasteiger partial charge in [-0.15, -0.1) is 5.10 Å². The first-order valence-corrected chi connectivity index (χ1v) is 9.55. The van der Waals surface area contributed by atoms with Gasteiger partial charge in [-0.05, 0) is 36.1 Å². The molecule has 0 atom stereocenters. The summed E-state index contributed by atoms with van der Waals surface area (Å²) in [5.74, 6) is 1.41. The van der Waals surface area contributed by atoms with Gasteiger partial charge in [-0.1, -0.05) is 18.2 Å². The molecule has 8 nitrogen and oxygen atoms in total. The second-order valence-corrected chi connectivity index (χ2v) is 7.51. The Morgan fingerprint density at radius 1 is 1.21 bits per heavy atom. The van der Waals surface area contributed by atoms with E-state index in [1.165, 1.54) is 18.2 Å². The van der Waals surface area contributed by atoms with Crippen LogP contribution in [0.1, 0.15) is 32.1 Å². The van der Waals surface area contributed by atoms with Crippen molar-refractivity contribution in [3.63, 3.8) is 0 Å². The number of nitrogens with one attached hydrogen (secondary N) is 1. The lowest BCUT2D eigenvalue weighted by atomic mass is 9.83. The van der Waals surface area contributed by atoms with Crippen molar-refractivity contribution < 1.29 is 9.59 Å². The second kappa shape index (κ2) is 7.96. The molecule has 2 aliphatic rings. The Morgan fingerprint density at radius 2 is 1.96 bits per heavy atom. The van der Waals surface area contributed by atoms with Gasteiger partial charge < -0.3 is 10.2 Å². The lowest BCUT2D eigenvalue weighted by molar-refractivity contribution is -0.141. The molecule has 0 bridgehead atoms. The third-order valence-corrected chi connectivity index (χ3v) is 5.86. The number of rotatable bonds is 6. The fourth-order valence-electron chi connectivity index (χ4n) is 3.08. The maximum atomic E-state index is 12.2. The molecule has 1 aliphatic carbocycles. The van der Waals surface area contributed by atoms with Crippen molar-refractivity contribution in [2.75, 3.05) is 25.4 Å². The number of piperidine rings is 1. The van der Waals surface area contributed by atoms with Gasteiger partial charge in [0.1, 0.15) is 0 Å². The van der Waals surface area contributed by atoms with E-state index in [2.05, 4.69) is 20.8 Å². The van der Waals surface area contributed by atoms with Gasteiger partial charge in [-0.2, -0.15) is 0 Å². The first-order chi connectivity index (χ1) is 11.6. The zero-order valence-corrected chi connectivity index (χ0v) is 14.8. The topological polar surface area (TPSA) is 93.0 Å². The van der Waals surface area contributed by atoms with Crippen molar-refractivity contribution in [1.82, 2.24) is 30.4 Å². The van der Waals surface area contributed by atoms with Crippen molar-refractivity contribution in [3.05, 3.63) is 0 Å². The maximum Gasteiger partial charge on any atom is 0.225 e. The first-order valence-electron chi connectivity index (χ1n) is 8.57. The number of amides is 2. The zero-order valence-electron chi connectivity index (χ0n) is 14.0. The number of carbonyl (C=O) groups is 2. The summed E-state index contributed by atoms with van der Waals surface area (Å²) in [6.45, 7) is 2.02. The minimum Gasteiger partial charge on any atom is -0.355 e. The Balaban J connectivity index is 1.33. The number of hydrogen-bond acceptors (Lipinski definition) is 6. The van der Waals surface area contributed by atoms with Gasteiger partial charge in [-0.25, -0.2) is 4.68 Å². The third kappa shape index (κ3) is 4.06. The molecule has 0 aromatic carbocycles. The number of tetrazole rings is 1. The maximum absolute atomic E-state index is 12.2. The minimum absolute atomic E-state index is 0.0249. The van der Waals surface area contributed by atoms with Crippen LogP contribution in [0.2, 0.25) is 0 Å². The third-order valence-electron chi connectivity index (χ3n) is 4.85. The Labute approximate surface area is 145 Å². The Morgan fingerprint density at radius 3 is 2.54 bits per heavy atom. The number of likely N-dealkylation sites (tertiary alicyclic amines) is 1. The quantitative estimate of drug-likeness (QED) is 0.590. The fraction of sp³-hybridized carbons (Fsp3) is 0.800. The molecule has 0 unspecified atom stereocenters. The van der Waals surface area contributed by atoms with Crippen LogP contribution in [0.4, 0.5) is 0 Å². The van der Waals surface area contributed by atoms with E-state index < -0.39 is 0 Å². The Hall–Kier alpha value is -1.64. The van der Waals surface area contributed by atoms with Crippen LogP contribution < -0.4 is 5.32 Å². The number of hydrogen-bond donors (Lipinski definition) is 1. The highest BCUT2D eigenvalue weighted by molar-refractivity contribution is 7.99. The second-order valence-electron chi connectivity index (χ2n) is 6.45. The molecular weight excluding hydrogens is 328 g/mol. The molecule has 2 heterocycles. The molecule has 9 heteroatoms. The molecule has 24 heavy (non-hydrogen) atoms. The highest BCUT2D eigenvalue weighted by Gasteiger charge is 2.33. The molecule has 1 N–H and O–H groups in total. The van der Waals surface area contributed by atoms with Crippen LogP contribution in [0.15, 0.2) is 5.16 Å². The van der Waals surface area contributed by atoms with Crippen LogP contribution in [-0.2, 0) is 16.6 Å². The Kier molecular flexibility index (Phi) is 5.70. The van der Waals surface area contributed by atoms with E-state index in [1.807, 2.05) is 4.90 Å². The van der Waals surface area contributed by atoms with Crippen molar-refractivity contribution in [3.8, 4) is 0 Å². The van der Waals surface area contributed by atoms with Gasteiger partial charge in [0.05, 0.1) is 0 Å². The summed E-state index contributed by atoms with van der Waals surface area (Å²) in [5, 5.41) is 15.0. The van der Waals surface area contributed by atoms with E-state index in [1.54, 1.807) is 11.7 Å². The van der Waals surface area contributed by atoms with Crippen LogP contribution >= 0.6 is 11.8 Å². The number of aromatic nitrogens is 4. The summed E-state index contributed by atoms with van der Waals surface area (Å²) in [6, 6.07) is 0. The van der Waals surface area contributed by atoms with Gasteiger partial charge >= 0.3 is 0 Å². The van der Waals surface area contributed by atoms with Gasteiger partial charge in [-0.3, -0.25) is 9.59 Å². The lowest BCUT2D eigenvalue weighted by Crippen LogP contribution is -2.46. The van der Waals surface area contributed by atoms with Crippen molar-refractivity contribution in [2.24, 2.45) is 18.9 Å². The normalized spacial score (nSPS) is 19.1. The molecule has 1 saturated carbocycles. The molecule has 2 amide bonds. The van der Waals surface area contributed by atoms with E-state index in [4.69, 9.17) is 0 Å². The highest BCUT2D eigenvalue weighted by atomic mass is 32.2. The molecule has 1 aromatic heterocycles. The molecule has 0 radical (unpaired) electrons. The van der Waals surface area contributed by atoms with Crippen LogP contribution in [0.25, 0.3) is 0 Å². The molecule has 0 spiro atoms. The van der Waals surface area contributed by atoms with Crippen molar-refractivity contribution >= 4 is 23.6 Å². The van der Waals surface area contributed by atoms with E-state index in [0.29, 0.717) is 25.5 Å². The summed E-state index contributed by atoms with van der Waals surface area (Å²) in [6.07, 6.45) is 4.79. The van der Waals surface area contributed by atoms with Crippen molar-refractivity contribution in [1.29, 1.82) is 0 Å². The largest absolute Gasteiger partial charge is 0.355 e. The summed E-state index contributed by atoms with van der Waals surface area (Å²) >= 11 is 1.52. The molecule has 3 rings (SSSR count). The molecule has 1 aliphatic heterocycles. The smallest absolute Gasteiger partial charge is 0.225 e. The number of carbonyl (C=O) groups excluding carboxylic acids is 2. The summed E-state index contributed by atoms with van der Waals surface area (Å²) in [4.78, 5) is 26.4. The lowest BCUT2D eigenvalue weighted by Gasteiger charge is -2.36.